The van der Waals surface area contributed by atoms with E-state index >= 15 is 0 Å². The predicted octanol–water partition coefficient (Wildman–Crippen LogP) is 4.26. The van der Waals surface area contributed by atoms with Gasteiger partial charge in [0.15, 0.2) is 23.8 Å². The minimum atomic E-state index is -1.33. The summed E-state index contributed by atoms with van der Waals surface area (Å²) in [7, 11) is 0. The number of phenolic OH excluding ortho intramolecular Hbond substituents is 1. The molecule has 3 aromatic rings. The van der Waals surface area contributed by atoms with E-state index in [-0.39, 0.29) is 23.0 Å². The average molecular weight is 514 g/mol. The van der Waals surface area contributed by atoms with Crippen LogP contribution in [0.5, 0.6) is 5.75 Å². The summed E-state index contributed by atoms with van der Waals surface area (Å²) in [5.74, 6) is -4.83. The number of oxazole rings is 1. The summed E-state index contributed by atoms with van der Waals surface area (Å²) in [6.45, 7) is 1.08. The molecule has 2 N–H and O–H groups in total. The van der Waals surface area contributed by atoms with Gasteiger partial charge < -0.3 is 24.5 Å². The fraction of sp³-hybridized carbons (Fsp3) is 0.280. The maximum atomic E-state index is 14.2. The van der Waals surface area contributed by atoms with Gasteiger partial charge in [0.05, 0.1) is 28.9 Å². The van der Waals surface area contributed by atoms with Crippen LogP contribution in [0.15, 0.2) is 41.3 Å². The van der Waals surface area contributed by atoms with Crippen LogP contribution in [0.3, 0.4) is 0 Å². The smallest absolute Gasteiger partial charge is 0.410 e. The molecule has 0 saturated carbocycles. The highest BCUT2D eigenvalue weighted by atomic mass is 19.2. The lowest BCUT2D eigenvalue weighted by atomic mass is 10.0. The Morgan fingerprint density at radius 2 is 2.05 bits per heavy atom. The number of nitrogens with one attached hydrogen (secondary N) is 1. The monoisotopic (exact) mass is 514 g/mol. The van der Waals surface area contributed by atoms with Gasteiger partial charge in [0, 0.05) is 18.7 Å². The van der Waals surface area contributed by atoms with Crippen LogP contribution in [-0.2, 0) is 11.3 Å². The van der Waals surface area contributed by atoms with Crippen LogP contribution in [0.4, 0.5) is 18.0 Å². The van der Waals surface area contributed by atoms with Crippen LogP contribution in [0, 0.1) is 28.8 Å². The van der Waals surface area contributed by atoms with Crippen LogP contribution in [0.1, 0.15) is 40.7 Å². The molecule has 1 unspecified atom stereocenters. The molecule has 2 aromatic carbocycles. The highest BCUT2D eigenvalue weighted by Gasteiger charge is 2.34. The fourth-order valence-electron chi connectivity index (χ4n) is 4.03. The lowest BCUT2D eigenvalue weighted by Gasteiger charge is -2.25. The van der Waals surface area contributed by atoms with E-state index in [0.29, 0.717) is 12.6 Å². The van der Waals surface area contributed by atoms with Gasteiger partial charge in [-0.25, -0.2) is 22.9 Å². The number of hydrogen-bond donors (Lipinski definition) is 2. The molecule has 192 valence electrons. The molecule has 37 heavy (non-hydrogen) atoms. The molecule has 2 fully saturated rings. The SMILES string of the molecule is N#Cc1ccc(CNC(=O)c2cc(O)c(-c3cnco3)cc2F)c(F)c1F.O=C1OCC2CCCCN12. The van der Waals surface area contributed by atoms with Gasteiger partial charge in [-0.15, -0.1) is 0 Å². The number of aromatic nitrogens is 1. The first-order chi connectivity index (χ1) is 17.8. The van der Waals surface area contributed by atoms with E-state index in [1.54, 1.807) is 0 Å². The lowest BCUT2D eigenvalue weighted by molar-refractivity contribution is 0.0946. The Hall–Kier alpha value is -4.53. The van der Waals surface area contributed by atoms with Crippen molar-refractivity contribution in [2.75, 3.05) is 13.2 Å². The second-order valence-corrected chi connectivity index (χ2v) is 8.33. The second kappa shape index (κ2) is 11.0. The Morgan fingerprint density at radius 1 is 1.24 bits per heavy atom. The number of nitriles is 1. The number of cyclic esters (lactones) is 1. The van der Waals surface area contributed by atoms with Crippen molar-refractivity contribution in [3.05, 3.63) is 71.0 Å². The molecule has 1 aromatic heterocycles. The number of fused-ring (bicyclic) bond motifs is 1. The van der Waals surface area contributed by atoms with Crippen molar-refractivity contribution in [2.45, 2.75) is 31.8 Å². The maximum absolute atomic E-state index is 14.2. The number of hydrogen-bond acceptors (Lipinski definition) is 7. The summed E-state index contributed by atoms with van der Waals surface area (Å²) in [5, 5.41) is 20.9. The number of phenols is 1. The third kappa shape index (κ3) is 5.50. The van der Waals surface area contributed by atoms with Crippen LogP contribution in [0.2, 0.25) is 0 Å². The Kier molecular flexibility index (Phi) is 7.62. The normalized spacial score (nSPS) is 16.2. The summed E-state index contributed by atoms with van der Waals surface area (Å²) in [6, 6.07) is 5.88. The third-order valence-electron chi connectivity index (χ3n) is 6.01. The van der Waals surface area contributed by atoms with Gasteiger partial charge in [-0.3, -0.25) is 4.79 Å². The van der Waals surface area contributed by atoms with Crippen LogP contribution >= 0.6 is 0 Å². The first kappa shape index (κ1) is 25.6. The molecule has 2 saturated heterocycles. The number of amides is 2. The summed E-state index contributed by atoms with van der Waals surface area (Å²) in [6.07, 6.45) is 5.77. The number of carbonyl (C=O) groups excluding carboxylic acids is 2. The molecule has 5 rings (SSSR count). The van der Waals surface area contributed by atoms with Gasteiger partial charge in [-0.2, -0.15) is 5.26 Å². The van der Waals surface area contributed by atoms with Crippen molar-refractivity contribution in [3.8, 4) is 23.1 Å². The molecular weight excluding hydrogens is 493 g/mol. The minimum absolute atomic E-state index is 0.00163. The molecule has 0 bridgehead atoms. The number of aromatic hydroxyl groups is 1. The Labute approximate surface area is 209 Å². The highest BCUT2D eigenvalue weighted by Crippen LogP contribution is 2.31. The number of nitrogens with zero attached hydrogens (tertiary/aromatic N) is 3. The summed E-state index contributed by atoms with van der Waals surface area (Å²) < 4.78 is 51.5. The number of ether oxygens (including phenoxy) is 1. The van der Waals surface area contributed by atoms with Gasteiger partial charge >= 0.3 is 6.09 Å². The van der Waals surface area contributed by atoms with Crippen molar-refractivity contribution in [1.29, 1.82) is 5.26 Å². The first-order valence-electron chi connectivity index (χ1n) is 11.3. The van der Waals surface area contributed by atoms with Gasteiger partial charge in [-0.05, 0) is 37.5 Å². The van der Waals surface area contributed by atoms with Crippen molar-refractivity contribution in [3.63, 3.8) is 0 Å². The number of benzene rings is 2. The summed E-state index contributed by atoms with van der Waals surface area (Å²) in [5.41, 5.74) is -1.18. The molecule has 9 nitrogen and oxygen atoms in total. The van der Waals surface area contributed by atoms with E-state index in [9.17, 15) is 27.9 Å². The van der Waals surface area contributed by atoms with Gasteiger partial charge in [0.1, 0.15) is 24.2 Å². The number of carbonyl (C=O) groups is 2. The summed E-state index contributed by atoms with van der Waals surface area (Å²) in [4.78, 5) is 28.6. The van der Waals surface area contributed by atoms with Crippen molar-refractivity contribution in [2.24, 2.45) is 0 Å². The van der Waals surface area contributed by atoms with Crippen LogP contribution in [0.25, 0.3) is 11.3 Å². The second-order valence-electron chi connectivity index (χ2n) is 8.33. The molecule has 2 aliphatic heterocycles. The Balaban J connectivity index is 0.000000265. The van der Waals surface area contributed by atoms with Gasteiger partial charge in [0.2, 0.25) is 0 Å². The molecule has 0 aliphatic carbocycles. The van der Waals surface area contributed by atoms with Crippen LogP contribution < -0.4 is 5.32 Å². The fourth-order valence-corrected chi connectivity index (χ4v) is 4.03. The van der Waals surface area contributed by atoms with Crippen molar-refractivity contribution in [1.82, 2.24) is 15.2 Å². The topological polar surface area (TPSA) is 129 Å². The quantitative estimate of drug-likeness (QED) is 0.532. The zero-order valence-electron chi connectivity index (χ0n) is 19.3. The van der Waals surface area contributed by atoms with E-state index in [1.807, 2.05) is 4.90 Å². The molecular formula is C25H21F3N4O5. The Bertz CT molecular complexity index is 1360. The standard InChI is InChI=1S/C18H10F3N3O3.C7H11NO2/c19-13-3-12(15-7-23-8-27-15)14(25)4-11(13)18(26)24-6-10-2-1-9(5-22)16(20)17(10)21;9-7-8-4-2-1-3-6(8)5-10-7/h1-4,7-8,25H,6H2,(H,24,26);6H,1-5H2. The van der Waals surface area contributed by atoms with Crippen LogP contribution in [-0.4, -0.2) is 46.2 Å². The Morgan fingerprint density at radius 3 is 2.76 bits per heavy atom. The molecule has 0 spiro atoms. The van der Waals surface area contributed by atoms with E-state index in [0.717, 1.165) is 50.0 Å². The average Bonchev–Trinajstić information content (AvgIpc) is 3.57. The zero-order chi connectivity index (χ0) is 26.5. The molecule has 12 heteroatoms. The maximum Gasteiger partial charge on any atom is 0.410 e. The molecule has 0 radical (unpaired) electrons. The van der Waals surface area contributed by atoms with E-state index in [2.05, 4.69) is 10.3 Å². The predicted molar refractivity (Wildman–Crippen MR) is 121 cm³/mol. The van der Waals surface area contributed by atoms with E-state index in [1.165, 1.54) is 18.7 Å². The van der Waals surface area contributed by atoms with Gasteiger partial charge in [0.25, 0.3) is 5.91 Å². The van der Waals surface area contributed by atoms with Gasteiger partial charge in [-0.1, -0.05) is 6.07 Å². The minimum Gasteiger partial charge on any atom is -0.507 e. The van der Waals surface area contributed by atoms with E-state index in [4.69, 9.17) is 14.4 Å². The highest BCUT2D eigenvalue weighted by molar-refractivity contribution is 5.95. The molecule has 3 heterocycles. The first-order valence-corrected chi connectivity index (χ1v) is 11.3. The number of halogens is 3. The molecule has 1 atom stereocenters. The lowest BCUT2D eigenvalue weighted by Crippen LogP contribution is -2.37. The number of rotatable bonds is 4. The summed E-state index contributed by atoms with van der Waals surface area (Å²) >= 11 is 0. The van der Waals surface area contributed by atoms with E-state index < -0.39 is 46.8 Å². The zero-order valence-corrected chi connectivity index (χ0v) is 19.3. The molecule has 2 amide bonds. The largest absolute Gasteiger partial charge is 0.507 e. The van der Waals surface area contributed by atoms with Crippen molar-refractivity contribution >= 4 is 12.0 Å². The van der Waals surface area contributed by atoms with Crippen molar-refractivity contribution < 1.29 is 37.0 Å². The third-order valence-corrected chi connectivity index (χ3v) is 6.01. The number of piperidine rings is 1. The molecule has 2 aliphatic rings.